The first-order valence-electron chi connectivity index (χ1n) is 5.49. The molecule has 0 unspecified atom stereocenters. The Hall–Kier alpha value is -1.84. The summed E-state index contributed by atoms with van der Waals surface area (Å²) in [5, 5.41) is 2.69. The summed E-state index contributed by atoms with van der Waals surface area (Å²) in [6, 6.07) is 3.50. The number of nitrogens with zero attached hydrogens (tertiary/aromatic N) is 1. The summed E-state index contributed by atoms with van der Waals surface area (Å²) in [4.78, 5) is 15.5. The number of allylic oxidation sites excluding steroid dienone is 1. The van der Waals surface area contributed by atoms with Gasteiger partial charge in [-0.2, -0.15) is 0 Å². The summed E-state index contributed by atoms with van der Waals surface area (Å²) in [6.07, 6.45) is 5.00. The molecule has 0 saturated carbocycles. The van der Waals surface area contributed by atoms with Gasteiger partial charge in [0.2, 0.25) is 5.88 Å². The normalized spacial score (nSPS) is 11.5. The maximum absolute atomic E-state index is 11.5. The first kappa shape index (κ1) is 13.2. The third-order valence-electron chi connectivity index (χ3n) is 1.79. The third-order valence-corrected chi connectivity index (χ3v) is 1.79. The van der Waals surface area contributed by atoms with Crippen molar-refractivity contribution in [3.63, 3.8) is 0 Å². The van der Waals surface area contributed by atoms with Gasteiger partial charge < -0.3 is 10.1 Å². The molecule has 0 bridgehead atoms. The molecule has 92 valence electrons. The lowest BCUT2D eigenvalue weighted by molar-refractivity contribution is 0.189. The van der Waals surface area contributed by atoms with Gasteiger partial charge in [0.25, 0.3) is 0 Å². The SMILES string of the molecule is C/C=C\c1ccc(OC(=O)NC(C)(C)C)nc1. The smallest absolute Gasteiger partial charge is 0.391 e. The molecule has 0 aliphatic rings. The van der Waals surface area contributed by atoms with Crippen molar-refractivity contribution in [1.82, 2.24) is 10.3 Å². The molecule has 1 aromatic heterocycles. The molecule has 0 fully saturated rings. The second-order valence-corrected chi connectivity index (χ2v) is 4.69. The second kappa shape index (κ2) is 5.48. The minimum absolute atomic E-state index is 0.292. The molecule has 0 aliphatic heterocycles. The maximum atomic E-state index is 11.5. The minimum Gasteiger partial charge on any atom is -0.391 e. The largest absolute Gasteiger partial charge is 0.414 e. The number of carbonyl (C=O) groups excluding carboxylic acids is 1. The van der Waals surface area contributed by atoms with Gasteiger partial charge in [0.15, 0.2) is 0 Å². The summed E-state index contributed by atoms with van der Waals surface area (Å²) in [6.45, 7) is 7.59. The van der Waals surface area contributed by atoms with E-state index in [-0.39, 0.29) is 5.54 Å². The van der Waals surface area contributed by atoms with Crippen LogP contribution in [0.25, 0.3) is 6.08 Å². The third kappa shape index (κ3) is 5.15. The molecule has 17 heavy (non-hydrogen) atoms. The van der Waals surface area contributed by atoms with Gasteiger partial charge in [-0.3, -0.25) is 0 Å². The van der Waals surface area contributed by atoms with E-state index in [0.717, 1.165) is 5.56 Å². The van der Waals surface area contributed by atoms with Crippen molar-refractivity contribution in [2.75, 3.05) is 0 Å². The molecule has 1 heterocycles. The molecule has 4 nitrogen and oxygen atoms in total. The predicted molar refractivity (Wildman–Crippen MR) is 67.9 cm³/mol. The van der Waals surface area contributed by atoms with Crippen LogP contribution in [0.1, 0.15) is 33.3 Å². The van der Waals surface area contributed by atoms with Crippen LogP contribution in [0.4, 0.5) is 4.79 Å². The summed E-state index contributed by atoms with van der Waals surface area (Å²) in [5.74, 6) is 0.292. The highest BCUT2D eigenvalue weighted by atomic mass is 16.6. The lowest BCUT2D eigenvalue weighted by Gasteiger charge is -2.19. The number of rotatable bonds is 2. The zero-order valence-electron chi connectivity index (χ0n) is 10.7. The van der Waals surface area contributed by atoms with Crippen LogP contribution in [0.3, 0.4) is 0 Å². The van der Waals surface area contributed by atoms with E-state index >= 15 is 0 Å². The van der Waals surface area contributed by atoms with Crippen LogP contribution < -0.4 is 10.1 Å². The lowest BCUT2D eigenvalue weighted by atomic mass is 10.1. The van der Waals surface area contributed by atoms with Crippen molar-refractivity contribution in [3.05, 3.63) is 30.0 Å². The molecule has 0 atom stereocenters. The number of nitrogens with one attached hydrogen (secondary N) is 1. The van der Waals surface area contributed by atoms with Crippen LogP contribution in [0.5, 0.6) is 5.88 Å². The first-order chi connectivity index (χ1) is 7.90. The summed E-state index contributed by atoms with van der Waals surface area (Å²) < 4.78 is 5.04. The van der Waals surface area contributed by atoms with Crippen molar-refractivity contribution in [2.45, 2.75) is 33.2 Å². The number of amides is 1. The van der Waals surface area contributed by atoms with Gasteiger partial charge in [-0.05, 0) is 39.3 Å². The molecule has 0 saturated heterocycles. The molecule has 0 radical (unpaired) electrons. The standard InChI is InChI=1S/C13H18N2O2/c1-5-6-10-7-8-11(14-9-10)17-12(16)15-13(2,3)4/h5-9H,1-4H3,(H,15,16)/b6-5-. The van der Waals surface area contributed by atoms with Crippen LogP contribution in [0.2, 0.25) is 0 Å². The molecule has 0 spiro atoms. The Labute approximate surface area is 102 Å². The number of carbonyl (C=O) groups is 1. The fourth-order valence-corrected chi connectivity index (χ4v) is 1.17. The second-order valence-electron chi connectivity index (χ2n) is 4.69. The van der Waals surface area contributed by atoms with Gasteiger partial charge in [-0.1, -0.05) is 12.2 Å². The summed E-state index contributed by atoms with van der Waals surface area (Å²) in [5.41, 5.74) is 0.651. The van der Waals surface area contributed by atoms with Crippen LogP contribution in [0.15, 0.2) is 24.4 Å². The molecule has 1 amide bonds. The molecular formula is C13H18N2O2. The van der Waals surface area contributed by atoms with E-state index in [2.05, 4.69) is 10.3 Å². The monoisotopic (exact) mass is 234 g/mol. The molecule has 0 aromatic carbocycles. The highest BCUT2D eigenvalue weighted by Crippen LogP contribution is 2.09. The summed E-state index contributed by atoms with van der Waals surface area (Å²) in [7, 11) is 0. The van der Waals surface area contributed by atoms with E-state index in [1.54, 1.807) is 12.3 Å². The molecular weight excluding hydrogens is 216 g/mol. The van der Waals surface area contributed by atoms with Crippen LogP contribution in [-0.4, -0.2) is 16.6 Å². The highest BCUT2D eigenvalue weighted by Gasteiger charge is 2.15. The fraction of sp³-hybridized carbons (Fsp3) is 0.385. The van der Waals surface area contributed by atoms with Gasteiger partial charge in [0.1, 0.15) is 0 Å². The van der Waals surface area contributed by atoms with Gasteiger partial charge in [0.05, 0.1) is 0 Å². The van der Waals surface area contributed by atoms with Crippen molar-refractivity contribution < 1.29 is 9.53 Å². The Morgan fingerprint density at radius 3 is 2.59 bits per heavy atom. The average molecular weight is 234 g/mol. The molecule has 1 aromatic rings. The summed E-state index contributed by atoms with van der Waals surface area (Å²) >= 11 is 0. The Kier molecular flexibility index (Phi) is 4.26. The van der Waals surface area contributed by atoms with E-state index in [9.17, 15) is 4.79 Å². The van der Waals surface area contributed by atoms with Crippen LogP contribution in [0, 0.1) is 0 Å². The quantitative estimate of drug-likeness (QED) is 0.855. The van der Waals surface area contributed by atoms with Crippen LogP contribution >= 0.6 is 0 Å². The Morgan fingerprint density at radius 2 is 2.12 bits per heavy atom. The topological polar surface area (TPSA) is 51.2 Å². The van der Waals surface area contributed by atoms with Gasteiger partial charge in [0, 0.05) is 17.8 Å². The number of pyridine rings is 1. The van der Waals surface area contributed by atoms with Crippen molar-refractivity contribution >= 4 is 12.2 Å². The Morgan fingerprint density at radius 1 is 1.41 bits per heavy atom. The first-order valence-corrected chi connectivity index (χ1v) is 5.49. The molecule has 1 N–H and O–H groups in total. The molecule has 0 aliphatic carbocycles. The predicted octanol–water partition coefficient (Wildman–Crippen LogP) is 3.00. The molecule has 4 heteroatoms. The van der Waals surface area contributed by atoms with E-state index in [0.29, 0.717) is 5.88 Å². The Balaban J connectivity index is 2.60. The van der Waals surface area contributed by atoms with Crippen molar-refractivity contribution in [2.24, 2.45) is 0 Å². The van der Waals surface area contributed by atoms with Gasteiger partial charge in [-0.15, -0.1) is 0 Å². The zero-order valence-corrected chi connectivity index (χ0v) is 10.7. The Bertz CT molecular complexity index is 402. The number of hydrogen-bond donors (Lipinski definition) is 1. The van der Waals surface area contributed by atoms with Crippen molar-refractivity contribution in [3.8, 4) is 5.88 Å². The van der Waals surface area contributed by atoms with Gasteiger partial charge >= 0.3 is 6.09 Å². The highest BCUT2D eigenvalue weighted by molar-refractivity contribution is 5.70. The minimum atomic E-state index is -0.496. The maximum Gasteiger partial charge on any atom is 0.414 e. The van der Waals surface area contributed by atoms with E-state index in [1.165, 1.54) is 0 Å². The van der Waals surface area contributed by atoms with E-state index < -0.39 is 6.09 Å². The number of ether oxygens (including phenoxy) is 1. The van der Waals surface area contributed by atoms with E-state index in [4.69, 9.17) is 4.74 Å². The van der Waals surface area contributed by atoms with E-state index in [1.807, 2.05) is 45.9 Å². The van der Waals surface area contributed by atoms with Crippen molar-refractivity contribution in [1.29, 1.82) is 0 Å². The number of hydrogen-bond acceptors (Lipinski definition) is 3. The van der Waals surface area contributed by atoms with Crippen LogP contribution in [-0.2, 0) is 0 Å². The molecule has 1 rings (SSSR count). The van der Waals surface area contributed by atoms with Gasteiger partial charge in [-0.25, -0.2) is 9.78 Å². The lowest BCUT2D eigenvalue weighted by Crippen LogP contribution is -2.42. The zero-order chi connectivity index (χ0) is 12.9. The fourth-order valence-electron chi connectivity index (χ4n) is 1.17. The number of aromatic nitrogens is 1. The average Bonchev–Trinajstić information content (AvgIpc) is 2.18.